The van der Waals surface area contributed by atoms with Crippen molar-refractivity contribution in [2.45, 2.75) is 38.6 Å². The van der Waals surface area contributed by atoms with E-state index in [0.717, 1.165) is 38.8 Å². The highest BCUT2D eigenvalue weighted by atomic mass is 16.4. The van der Waals surface area contributed by atoms with E-state index in [4.69, 9.17) is 10.2 Å². The Hall–Kier alpha value is -0.610. The van der Waals surface area contributed by atoms with Gasteiger partial charge >= 0.3 is 5.97 Å². The fourth-order valence-electron chi connectivity index (χ4n) is 2.16. The molecular formula is C11H21NO3. The number of hydrogen-bond acceptors (Lipinski definition) is 3. The fourth-order valence-corrected chi connectivity index (χ4v) is 2.16. The molecule has 88 valence electrons. The Morgan fingerprint density at radius 1 is 1.47 bits per heavy atom. The smallest absolute Gasteiger partial charge is 0.306 e. The molecule has 15 heavy (non-hydrogen) atoms. The molecule has 2 N–H and O–H groups in total. The average Bonchev–Trinajstić information content (AvgIpc) is 2.26. The molecule has 4 nitrogen and oxygen atoms in total. The van der Waals surface area contributed by atoms with Crippen LogP contribution in [-0.4, -0.2) is 46.8 Å². The molecule has 1 fully saturated rings. The van der Waals surface area contributed by atoms with Crippen molar-refractivity contribution in [1.82, 2.24) is 4.90 Å². The lowest BCUT2D eigenvalue weighted by Crippen LogP contribution is -2.41. The first kappa shape index (κ1) is 12.5. The lowest BCUT2D eigenvalue weighted by atomic mass is 9.95. The first-order chi connectivity index (χ1) is 7.15. The number of piperidine rings is 1. The first-order valence-corrected chi connectivity index (χ1v) is 5.73. The summed E-state index contributed by atoms with van der Waals surface area (Å²) in [5.41, 5.74) is 0. The van der Waals surface area contributed by atoms with E-state index >= 15 is 0 Å². The van der Waals surface area contributed by atoms with Crippen molar-refractivity contribution in [3.05, 3.63) is 0 Å². The van der Waals surface area contributed by atoms with Crippen molar-refractivity contribution in [1.29, 1.82) is 0 Å². The number of carboxylic acids is 1. The van der Waals surface area contributed by atoms with Gasteiger partial charge in [-0.25, -0.2) is 0 Å². The Bertz CT molecular complexity index is 200. The average molecular weight is 215 g/mol. The molecule has 1 rings (SSSR count). The maximum absolute atomic E-state index is 10.8. The molecule has 0 aromatic carbocycles. The molecule has 0 spiro atoms. The third-order valence-electron chi connectivity index (χ3n) is 3.28. The fraction of sp³-hybridized carbons (Fsp3) is 0.909. The first-order valence-electron chi connectivity index (χ1n) is 5.73. The van der Waals surface area contributed by atoms with Gasteiger partial charge < -0.3 is 15.1 Å². The van der Waals surface area contributed by atoms with E-state index in [9.17, 15) is 4.79 Å². The van der Waals surface area contributed by atoms with Gasteiger partial charge in [-0.05, 0) is 45.7 Å². The summed E-state index contributed by atoms with van der Waals surface area (Å²) in [6.45, 7) is 4.15. The summed E-state index contributed by atoms with van der Waals surface area (Å²) >= 11 is 0. The van der Waals surface area contributed by atoms with Gasteiger partial charge in [-0.2, -0.15) is 0 Å². The third kappa shape index (κ3) is 3.80. The number of carbonyl (C=O) groups is 1. The number of nitrogens with zero attached hydrogens (tertiary/aromatic N) is 1. The Morgan fingerprint density at radius 3 is 2.53 bits per heavy atom. The third-order valence-corrected chi connectivity index (χ3v) is 3.28. The van der Waals surface area contributed by atoms with E-state index in [1.54, 1.807) is 0 Å². The highest BCUT2D eigenvalue weighted by molar-refractivity contribution is 5.70. The Kier molecular flexibility index (Phi) is 5.05. The second-order valence-corrected chi connectivity index (χ2v) is 4.36. The molecule has 0 bridgehead atoms. The summed E-state index contributed by atoms with van der Waals surface area (Å²) < 4.78 is 0. The zero-order chi connectivity index (χ0) is 11.3. The van der Waals surface area contributed by atoms with Gasteiger partial charge in [0.15, 0.2) is 0 Å². The minimum Gasteiger partial charge on any atom is -0.481 e. The number of aliphatic hydroxyl groups is 1. The van der Waals surface area contributed by atoms with Gasteiger partial charge in [-0.15, -0.1) is 0 Å². The van der Waals surface area contributed by atoms with E-state index in [-0.39, 0.29) is 12.5 Å². The van der Waals surface area contributed by atoms with Crippen molar-refractivity contribution in [2.75, 3.05) is 19.7 Å². The molecule has 4 heteroatoms. The van der Waals surface area contributed by atoms with Crippen molar-refractivity contribution in [2.24, 2.45) is 5.92 Å². The summed E-state index contributed by atoms with van der Waals surface area (Å²) in [4.78, 5) is 13.1. The quantitative estimate of drug-likeness (QED) is 0.716. The molecule has 0 amide bonds. The van der Waals surface area contributed by atoms with Crippen LogP contribution < -0.4 is 0 Å². The number of aliphatic carboxylic acids is 1. The van der Waals surface area contributed by atoms with Gasteiger partial charge in [-0.1, -0.05) is 0 Å². The molecule has 1 aliphatic heterocycles. The zero-order valence-corrected chi connectivity index (χ0v) is 9.35. The summed E-state index contributed by atoms with van der Waals surface area (Å²) in [6, 6.07) is 0.465. The Labute approximate surface area is 90.9 Å². The standard InChI is InChI=1S/C11H21NO3/c1-9(3-2-8-13)12-6-4-10(5-7-12)11(14)15/h9-10,13H,2-8H2,1H3,(H,14,15). The molecule has 1 atom stereocenters. The predicted octanol–water partition coefficient (Wildman–Crippen LogP) is 0.944. The molecule has 0 saturated carbocycles. The molecule has 1 saturated heterocycles. The van der Waals surface area contributed by atoms with E-state index in [0.29, 0.717) is 6.04 Å². The Morgan fingerprint density at radius 2 is 2.07 bits per heavy atom. The van der Waals surface area contributed by atoms with Gasteiger partial charge in [0, 0.05) is 12.6 Å². The highest BCUT2D eigenvalue weighted by Crippen LogP contribution is 2.20. The second-order valence-electron chi connectivity index (χ2n) is 4.36. The highest BCUT2D eigenvalue weighted by Gasteiger charge is 2.26. The zero-order valence-electron chi connectivity index (χ0n) is 9.35. The van der Waals surface area contributed by atoms with Crippen LogP contribution in [0.4, 0.5) is 0 Å². The van der Waals surface area contributed by atoms with Gasteiger partial charge in [0.05, 0.1) is 5.92 Å². The predicted molar refractivity (Wildman–Crippen MR) is 57.7 cm³/mol. The summed E-state index contributed by atoms with van der Waals surface area (Å²) in [7, 11) is 0. The second kappa shape index (κ2) is 6.08. The van der Waals surface area contributed by atoms with Crippen molar-refractivity contribution in [3.63, 3.8) is 0 Å². The van der Waals surface area contributed by atoms with Gasteiger partial charge in [0.2, 0.25) is 0 Å². The van der Waals surface area contributed by atoms with Crippen LogP contribution >= 0.6 is 0 Å². The molecule has 0 radical (unpaired) electrons. The van der Waals surface area contributed by atoms with Gasteiger partial charge in [-0.3, -0.25) is 4.79 Å². The van der Waals surface area contributed by atoms with Crippen molar-refractivity contribution >= 4 is 5.97 Å². The number of likely N-dealkylation sites (tertiary alicyclic amines) is 1. The molecule has 0 aromatic heterocycles. The summed E-state index contributed by atoms with van der Waals surface area (Å²) in [5.74, 6) is -0.802. The van der Waals surface area contributed by atoms with E-state index in [1.165, 1.54) is 0 Å². The number of hydrogen-bond donors (Lipinski definition) is 2. The molecular weight excluding hydrogens is 194 g/mol. The summed E-state index contributed by atoms with van der Waals surface area (Å²) in [6.07, 6.45) is 3.35. The lowest BCUT2D eigenvalue weighted by molar-refractivity contribution is -0.143. The van der Waals surface area contributed by atoms with Crippen LogP contribution in [0.25, 0.3) is 0 Å². The van der Waals surface area contributed by atoms with Crippen LogP contribution in [-0.2, 0) is 4.79 Å². The minimum absolute atomic E-state index is 0.147. The van der Waals surface area contributed by atoms with Crippen LogP contribution in [0.1, 0.15) is 32.6 Å². The molecule has 0 aromatic rings. The van der Waals surface area contributed by atoms with E-state index < -0.39 is 5.97 Å². The molecule has 0 aliphatic carbocycles. The van der Waals surface area contributed by atoms with Gasteiger partial charge in [0.25, 0.3) is 0 Å². The van der Waals surface area contributed by atoms with Crippen LogP contribution in [0.5, 0.6) is 0 Å². The molecule has 1 aliphatic rings. The number of carboxylic acid groups (broad SMARTS) is 1. The molecule has 1 unspecified atom stereocenters. The van der Waals surface area contributed by atoms with Crippen LogP contribution in [0.15, 0.2) is 0 Å². The van der Waals surface area contributed by atoms with E-state index in [2.05, 4.69) is 11.8 Å². The van der Waals surface area contributed by atoms with Crippen LogP contribution in [0, 0.1) is 5.92 Å². The molecule has 1 heterocycles. The van der Waals surface area contributed by atoms with E-state index in [1.807, 2.05) is 0 Å². The van der Waals surface area contributed by atoms with Crippen molar-refractivity contribution in [3.8, 4) is 0 Å². The SMILES string of the molecule is CC(CCCO)N1CCC(C(=O)O)CC1. The maximum atomic E-state index is 10.8. The number of rotatable bonds is 5. The monoisotopic (exact) mass is 215 g/mol. The maximum Gasteiger partial charge on any atom is 0.306 e. The lowest BCUT2D eigenvalue weighted by Gasteiger charge is -2.34. The van der Waals surface area contributed by atoms with Crippen molar-refractivity contribution < 1.29 is 15.0 Å². The summed E-state index contributed by atoms with van der Waals surface area (Å²) in [5, 5.41) is 17.6. The Balaban J connectivity index is 2.27. The number of aliphatic hydroxyl groups excluding tert-OH is 1. The largest absolute Gasteiger partial charge is 0.481 e. The van der Waals surface area contributed by atoms with Gasteiger partial charge in [0.1, 0.15) is 0 Å². The normalized spacial score (nSPS) is 21.5. The topological polar surface area (TPSA) is 60.8 Å². The minimum atomic E-state index is -0.655. The van der Waals surface area contributed by atoms with Crippen LogP contribution in [0.2, 0.25) is 0 Å². The van der Waals surface area contributed by atoms with Crippen LogP contribution in [0.3, 0.4) is 0 Å².